The Hall–Kier alpha value is -3.14. The minimum absolute atomic E-state index is 0.0957. The topological polar surface area (TPSA) is 57.8 Å². The van der Waals surface area contributed by atoms with Crippen molar-refractivity contribution in [2.75, 3.05) is 6.54 Å². The Balaban J connectivity index is 1.47. The van der Waals surface area contributed by atoms with E-state index < -0.39 is 0 Å². The number of hydrogen-bond acceptors (Lipinski definition) is 2. The third-order valence-corrected chi connectivity index (χ3v) is 3.60. The molecule has 0 spiro atoms. The minimum Gasteiger partial charge on any atom is -0.352 e. The lowest BCUT2D eigenvalue weighted by Gasteiger charge is -2.00. The Morgan fingerprint density at radius 3 is 2.50 bits per heavy atom. The normalized spacial score (nSPS) is 10.8. The number of H-pyrrole nitrogens is 1. The second-order valence-electron chi connectivity index (χ2n) is 5.41. The Morgan fingerprint density at radius 2 is 1.75 bits per heavy atom. The summed E-state index contributed by atoms with van der Waals surface area (Å²) in [5.41, 5.74) is 3.06. The van der Waals surface area contributed by atoms with E-state index in [9.17, 15) is 4.79 Å². The molecule has 0 saturated carbocycles. The molecule has 1 aromatic heterocycles. The van der Waals surface area contributed by atoms with Crippen LogP contribution in [0.3, 0.4) is 0 Å². The summed E-state index contributed by atoms with van der Waals surface area (Å²) >= 11 is 0. The maximum absolute atomic E-state index is 11.8. The van der Waals surface area contributed by atoms with Crippen molar-refractivity contribution in [2.45, 2.75) is 6.42 Å². The average molecular weight is 317 g/mol. The van der Waals surface area contributed by atoms with Crippen molar-refractivity contribution in [3.05, 3.63) is 84.2 Å². The number of imidazole rings is 1. The summed E-state index contributed by atoms with van der Waals surface area (Å²) in [5, 5.41) is 2.88. The van der Waals surface area contributed by atoms with Crippen LogP contribution in [0, 0.1) is 0 Å². The fourth-order valence-corrected chi connectivity index (χ4v) is 2.34. The van der Waals surface area contributed by atoms with Gasteiger partial charge in [0.1, 0.15) is 5.82 Å². The molecular weight excluding hydrogens is 298 g/mol. The minimum atomic E-state index is -0.0957. The number of carbonyl (C=O) groups excluding carboxylic acids is 1. The predicted molar refractivity (Wildman–Crippen MR) is 96.2 cm³/mol. The number of carbonyl (C=O) groups is 1. The van der Waals surface area contributed by atoms with Gasteiger partial charge in [0.25, 0.3) is 0 Å². The van der Waals surface area contributed by atoms with Gasteiger partial charge >= 0.3 is 0 Å². The third-order valence-electron chi connectivity index (χ3n) is 3.60. The summed E-state index contributed by atoms with van der Waals surface area (Å²) in [6, 6.07) is 19.7. The molecule has 3 aromatic rings. The van der Waals surface area contributed by atoms with Crippen LogP contribution in [0.1, 0.15) is 11.3 Å². The molecule has 3 rings (SSSR count). The number of rotatable bonds is 6. The number of amides is 1. The first-order valence-electron chi connectivity index (χ1n) is 7.91. The summed E-state index contributed by atoms with van der Waals surface area (Å²) in [6.07, 6.45) is 5.88. The van der Waals surface area contributed by atoms with Crippen LogP contribution in [0.15, 0.2) is 72.9 Å². The van der Waals surface area contributed by atoms with E-state index in [4.69, 9.17) is 0 Å². The second-order valence-corrected chi connectivity index (χ2v) is 5.41. The number of aromatic amines is 1. The van der Waals surface area contributed by atoms with Crippen molar-refractivity contribution in [1.29, 1.82) is 0 Å². The van der Waals surface area contributed by atoms with Gasteiger partial charge in [0, 0.05) is 36.5 Å². The molecule has 4 heteroatoms. The van der Waals surface area contributed by atoms with Gasteiger partial charge in [-0.1, -0.05) is 60.7 Å². The lowest BCUT2D eigenvalue weighted by Crippen LogP contribution is -2.23. The lowest BCUT2D eigenvalue weighted by molar-refractivity contribution is -0.116. The van der Waals surface area contributed by atoms with Gasteiger partial charge in [-0.2, -0.15) is 0 Å². The average Bonchev–Trinajstić information content (AvgIpc) is 3.11. The van der Waals surface area contributed by atoms with Crippen LogP contribution in [0.4, 0.5) is 0 Å². The van der Waals surface area contributed by atoms with Crippen LogP contribution in [-0.2, 0) is 11.2 Å². The predicted octanol–water partition coefficient (Wildman–Crippen LogP) is 3.45. The van der Waals surface area contributed by atoms with Crippen molar-refractivity contribution in [3.8, 4) is 11.4 Å². The first-order valence-corrected chi connectivity index (χ1v) is 7.91. The Labute approximate surface area is 141 Å². The molecule has 0 bridgehead atoms. The smallest absolute Gasteiger partial charge is 0.244 e. The molecule has 4 nitrogen and oxygen atoms in total. The zero-order valence-electron chi connectivity index (χ0n) is 13.3. The molecule has 0 radical (unpaired) electrons. The zero-order valence-corrected chi connectivity index (χ0v) is 13.3. The molecule has 2 N–H and O–H groups in total. The standard InChI is InChI=1S/C20H19N3O/c24-19(12-11-16-7-3-1-4-8-16)21-14-13-18-15-22-20(23-18)17-9-5-2-6-10-17/h1-12,15H,13-14H2,(H,21,24)(H,22,23). The number of aromatic nitrogens is 2. The molecule has 0 fully saturated rings. The molecule has 2 aromatic carbocycles. The Kier molecular flexibility index (Phi) is 5.20. The van der Waals surface area contributed by atoms with E-state index in [-0.39, 0.29) is 5.91 Å². The summed E-state index contributed by atoms with van der Waals surface area (Å²) in [7, 11) is 0. The summed E-state index contributed by atoms with van der Waals surface area (Å²) in [5.74, 6) is 0.752. The fourth-order valence-electron chi connectivity index (χ4n) is 2.34. The van der Waals surface area contributed by atoms with Gasteiger partial charge < -0.3 is 10.3 Å². The summed E-state index contributed by atoms with van der Waals surface area (Å²) in [6.45, 7) is 0.564. The number of nitrogens with one attached hydrogen (secondary N) is 2. The quantitative estimate of drug-likeness (QED) is 0.684. The molecule has 0 aliphatic carbocycles. The van der Waals surface area contributed by atoms with Crippen LogP contribution >= 0.6 is 0 Å². The van der Waals surface area contributed by atoms with Crippen LogP contribution < -0.4 is 5.32 Å². The van der Waals surface area contributed by atoms with Gasteiger partial charge in [-0.3, -0.25) is 4.79 Å². The monoisotopic (exact) mass is 317 g/mol. The highest BCUT2D eigenvalue weighted by Crippen LogP contribution is 2.14. The van der Waals surface area contributed by atoms with E-state index in [2.05, 4.69) is 15.3 Å². The van der Waals surface area contributed by atoms with Crippen LogP contribution in [0.2, 0.25) is 0 Å². The Bertz CT molecular complexity index is 807. The maximum atomic E-state index is 11.8. The third kappa shape index (κ3) is 4.43. The highest BCUT2D eigenvalue weighted by atomic mass is 16.1. The molecule has 120 valence electrons. The molecule has 24 heavy (non-hydrogen) atoms. The van der Waals surface area contributed by atoms with Gasteiger partial charge in [0.15, 0.2) is 0 Å². The van der Waals surface area contributed by atoms with Gasteiger partial charge in [-0.25, -0.2) is 4.98 Å². The van der Waals surface area contributed by atoms with Gasteiger partial charge in [-0.15, -0.1) is 0 Å². The van der Waals surface area contributed by atoms with Crippen LogP contribution in [-0.4, -0.2) is 22.4 Å². The van der Waals surface area contributed by atoms with Crippen molar-refractivity contribution < 1.29 is 4.79 Å². The second kappa shape index (κ2) is 7.92. The molecule has 0 unspecified atom stereocenters. The van der Waals surface area contributed by atoms with Crippen molar-refractivity contribution in [2.24, 2.45) is 0 Å². The zero-order chi connectivity index (χ0) is 16.6. The highest BCUT2D eigenvalue weighted by Gasteiger charge is 2.03. The molecule has 1 amide bonds. The SMILES string of the molecule is O=C(C=Cc1ccccc1)NCCc1cnc(-c2ccccc2)[nH]1. The first-order chi connectivity index (χ1) is 11.8. The van der Waals surface area contributed by atoms with E-state index >= 15 is 0 Å². The molecule has 0 aliphatic heterocycles. The molecule has 0 aliphatic rings. The highest BCUT2D eigenvalue weighted by molar-refractivity contribution is 5.91. The van der Waals surface area contributed by atoms with Gasteiger partial charge in [0.05, 0.1) is 0 Å². The largest absolute Gasteiger partial charge is 0.352 e. The van der Waals surface area contributed by atoms with E-state index in [0.717, 1.165) is 22.6 Å². The number of hydrogen-bond donors (Lipinski definition) is 2. The summed E-state index contributed by atoms with van der Waals surface area (Å²) < 4.78 is 0. The molecule has 0 atom stereocenters. The number of benzene rings is 2. The van der Waals surface area contributed by atoms with Gasteiger partial charge in [-0.05, 0) is 11.6 Å². The first kappa shape index (κ1) is 15.7. The van der Waals surface area contributed by atoms with Crippen molar-refractivity contribution in [1.82, 2.24) is 15.3 Å². The van der Waals surface area contributed by atoms with Crippen molar-refractivity contribution in [3.63, 3.8) is 0 Å². The van der Waals surface area contributed by atoms with Crippen molar-refractivity contribution >= 4 is 12.0 Å². The van der Waals surface area contributed by atoms with E-state index in [0.29, 0.717) is 13.0 Å². The van der Waals surface area contributed by atoms with Gasteiger partial charge in [0.2, 0.25) is 5.91 Å². The lowest BCUT2D eigenvalue weighted by atomic mass is 10.2. The van der Waals surface area contributed by atoms with Crippen LogP contribution in [0.5, 0.6) is 0 Å². The molecular formula is C20H19N3O. The molecule has 0 saturated heterocycles. The fraction of sp³-hybridized carbons (Fsp3) is 0.100. The Morgan fingerprint density at radius 1 is 1.04 bits per heavy atom. The van der Waals surface area contributed by atoms with E-state index in [1.54, 1.807) is 12.2 Å². The molecule has 1 heterocycles. The summed E-state index contributed by atoms with van der Waals surface area (Å²) in [4.78, 5) is 19.5. The maximum Gasteiger partial charge on any atom is 0.244 e. The number of nitrogens with zero attached hydrogens (tertiary/aromatic N) is 1. The van der Waals surface area contributed by atoms with E-state index in [1.807, 2.05) is 66.9 Å². The van der Waals surface area contributed by atoms with E-state index in [1.165, 1.54) is 0 Å². The van der Waals surface area contributed by atoms with Crippen LogP contribution in [0.25, 0.3) is 17.5 Å².